The van der Waals surface area contributed by atoms with Crippen molar-refractivity contribution in [1.29, 1.82) is 0 Å². The highest BCUT2D eigenvalue weighted by Crippen LogP contribution is 2.20. The van der Waals surface area contributed by atoms with Gasteiger partial charge in [-0.1, -0.05) is 42.5 Å². The summed E-state index contributed by atoms with van der Waals surface area (Å²) in [4.78, 5) is 27.1. The Morgan fingerprint density at radius 2 is 1.67 bits per heavy atom. The van der Waals surface area contributed by atoms with Gasteiger partial charge in [0.15, 0.2) is 0 Å². The van der Waals surface area contributed by atoms with Crippen LogP contribution in [0.4, 0.5) is 0 Å². The van der Waals surface area contributed by atoms with Crippen LogP contribution in [-0.2, 0) is 0 Å². The maximum Gasteiger partial charge on any atom is 0.354 e. The molecule has 1 aromatic heterocycles. The highest BCUT2D eigenvalue weighted by molar-refractivity contribution is 5.94. The minimum Gasteiger partial charge on any atom is -0.477 e. The number of carboxylic acid groups (broad SMARTS) is 1. The lowest BCUT2D eigenvalue weighted by Gasteiger charge is -2.15. The predicted octanol–water partition coefficient (Wildman–Crippen LogP) is 3.42. The molecular weight excluding hydrogens is 304 g/mol. The summed E-state index contributed by atoms with van der Waals surface area (Å²) in [5.41, 5.74) is 0.903. The zero-order valence-corrected chi connectivity index (χ0v) is 13.1. The smallest absolute Gasteiger partial charge is 0.354 e. The van der Waals surface area contributed by atoms with Gasteiger partial charge < -0.3 is 10.4 Å². The molecule has 0 fully saturated rings. The van der Waals surface area contributed by atoms with Crippen LogP contribution in [0.25, 0.3) is 10.8 Å². The van der Waals surface area contributed by atoms with E-state index in [0.717, 1.165) is 16.3 Å². The maximum atomic E-state index is 12.3. The number of rotatable bonds is 4. The van der Waals surface area contributed by atoms with Crippen molar-refractivity contribution in [3.8, 4) is 0 Å². The van der Waals surface area contributed by atoms with Crippen LogP contribution in [0.2, 0.25) is 0 Å². The van der Waals surface area contributed by atoms with E-state index >= 15 is 0 Å². The predicted molar refractivity (Wildman–Crippen MR) is 91.0 cm³/mol. The van der Waals surface area contributed by atoms with Gasteiger partial charge in [0.25, 0.3) is 5.91 Å². The van der Waals surface area contributed by atoms with Crippen molar-refractivity contribution in [3.63, 3.8) is 0 Å². The molecule has 1 amide bonds. The van der Waals surface area contributed by atoms with Gasteiger partial charge in [0, 0.05) is 0 Å². The maximum absolute atomic E-state index is 12.3. The third-order valence-electron chi connectivity index (χ3n) is 3.82. The van der Waals surface area contributed by atoms with Crippen molar-refractivity contribution < 1.29 is 14.7 Å². The average molecular weight is 320 g/mol. The summed E-state index contributed by atoms with van der Waals surface area (Å²) in [5.74, 6) is -1.56. The first-order valence-electron chi connectivity index (χ1n) is 7.54. The summed E-state index contributed by atoms with van der Waals surface area (Å²) in [6.07, 6.45) is 0. The van der Waals surface area contributed by atoms with Crippen molar-refractivity contribution in [2.24, 2.45) is 0 Å². The Kier molecular flexibility index (Phi) is 4.24. The third-order valence-corrected chi connectivity index (χ3v) is 3.82. The Balaban J connectivity index is 1.80. The van der Waals surface area contributed by atoms with Gasteiger partial charge in [0.2, 0.25) is 0 Å². The van der Waals surface area contributed by atoms with E-state index in [0.29, 0.717) is 0 Å². The molecule has 5 nitrogen and oxygen atoms in total. The zero-order chi connectivity index (χ0) is 17.1. The van der Waals surface area contributed by atoms with E-state index in [1.165, 1.54) is 18.2 Å². The van der Waals surface area contributed by atoms with E-state index in [-0.39, 0.29) is 17.4 Å². The minimum atomic E-state index is -1.16. The van der Waals surface area contributed by atoms with Gasteiger partial charge in [-0.3, -0.25) is 4.79 Å². The topological polar surface area (TPSA) is 79.3 Å². The summed E-state index contributed by atoms with van der Waals surface area (Å²) < 4.78 is 0. The molecule has 0 aliphatic heterocycles. The van der Waals surface area contributed by atoms with Gasteiger partial charge in [-0.2, -0.15) is 0 Å². The monoisotopic (exact) mass is 320 g/mol. The Bertz CT molecular complexity index is 921. The fraction of sp³-hybridized carbons (Fsp3) is 0.105. The van der Waals surface area contributed by atoms with E-state index in [1.54, 1.807) is 0 Å². The number of hydrogen-bond donors (Lipinski definition) is 2. The lowest BCUT2D eigenvalue weighted by atomic mass is 10.0. The summed E-state index contributed by atoms with van der Waals surface area (Å²) in [5, 5.41) is 14.0. The van der Waals surface area contributed by atoms with Crippen LogP contribution in [0.3, 0.4) is 0 Å². The molecule has 5 heteroatoms. The largest absolute Gasteiger partial charge is 0.477 e. The number of carbonyl (C=O) groups excluding carboxylic acids is 1. The molecule has 0 aliphatic carbocycles. The molecule has 3 rings (SSSR count). The van der Waals surface area contributed by atoms with E-state index < -0.39 is 11.9 Å². The molecule has 24 heavy (non-hydrogen) atoms. The third kappa shape index (κ3) is 3.25. The first kappa shape index (κ1) is 15.7. The number of carbonyl (C=O) groups is 2. The van der Waals surface area contributed by atoms with Crippen molar-refractivity contribution in [2.45, 2.75) is 13.0 Å². The van der Waals surface area contributed by atoms with Crippen molar-refractivity contribution in [3.05, 3.63) is 77.6 Å². The second-order valence-corrected chi connectivity index (χ2v) is 5.51. The molecule has 0 spiro atoms. The molecule has 3 aromatic rings. The van der Waals surface area contributed by atoms with Gasteiger partial charge >= 0.3 is 5.97 Å². The fourth-order valence-electron chi connectivity index (χ4n) is 2.51. The van der Waals surface area contributed by atoms with Crippen LogP contribution in [0.5, 0.6) is 0 Å². The van der Waals surface area contributed by atoms with Crippen molar-refractivity contribution in [1.82, 2.24) is 10.3 Å². The first-order valence-corrected chi connectivity index (χ1v) is 7.54. The number of benzene rings is 2. The molecule has 0 unspecified atom stereocenters. The van der Waals surface area contributed by atoms with E-state index in [9.17, 15) is 9.59 Å². The molecule has 0 radical (unpaired) electrons. The highest BCUT2D eigenvalue weighted by Gasteiger charge is 2.15. The molecule has 0 bridgehead atoms. The zero-order valence-electron chi connectivity index (χ0n) is 13.1. The molecule has 0 saturated carbocycles. The van der Waals surface area contributed by atoms with E-state index in [1.807, 2.05) is 49.4 Å². The number of hydrogen-bond acceptors (Lipinski definition) is 3. The number of amides is 1. The second-order valence-electron chi connectivity index (χ2n) is 5.51. The Labute approximate surface area is 139 Å². The Hall–Kier alpha value is -3.21. The van der Waals surface area contributed by atoms with Crippen molar-refractivity contribution >= 4 is 22.6 Å². The van der Waals surface area contributed by atoms with Crippen molar-refractivity contribution in [2.75, 3.05) is 0 Å². The van der Waals surface area contributed by atoms with Crippen LogP contribution in [0.1, 0.15) is 39.5 Å². The number of aromatic nitrogens is 1. The molecule has 1 atom stereocenters. The molecule has 120 valence electrons. The summed E-state index contributed by atoms with van der Waals surface area (Å²) in [7, 11) is 0. The van der Waals surface area contributed by atoms with Gasteiger partial charge in [0.1, 0.15) is 11.4 Å². The van der Waals surface area contributed by atoms with Crippen LogP contribution >= 0.6 is 0 Å². The quantitative estimate of drug-likeness (QED) is 0.772. The van der Waals surface area contributed by atoms with Gasteiger partial charge in [-0.05, 0) is 41.5 Å². The van der Waals surface area contributed by atoms with Crippen LogP contribution < -0.4 is 5.32 Å². The number of aromatic carboxylic acids is 1. The van der Waals surface area contributed by atoms with Crippen LogP contribution in [-0.4, -0.2) is 22.0 Å². The molecule has 2 N–H and O–H groups in total. The van der Waals surface area contributed by atoms with Gasteiger partial charge in [-0.25, -0.2) is 9.78 Å². The second kappa shape index (κ2) is 6.50. The lowest BCUT2D eigenvalue weighted by Crippen LogP contribution is -2.27. The Morgan fingerprint density at radius 1 is 0.958 bits per heavy atom. The SMILES string of the molecule is C[C@@H](NC(=O)c1cccc(C(=O)O)n1)c1ccc2ccccc2c1. The summed E-state index contributed by atoms with van der Waals surface area (Å²) in [6.45, 7) is 1.88. The number of nitrogens with one attached hydrogen (secondary N) is 1. The molecule has 0 saturated heterocycles. The number of fused-ring (bicyclic) bond motifs is 1. The number of pyridine rings is 1. The van der Waals surface area contributed by atoms with E-state index in [4.69, 9.17) is 5.11 Å². The lowest BCUT2D eigenvalue weighted by molar-refractivity contribution is 0.0690. The fourth-order valence-corrected chi connectivity index (χ4v) is 2.51. The van der Waals surface area contributed by atoms with Gasteiger partial charge in [0.05, 0.1) is 6.04 Å². The Morgan fingerprint density at radius 3 is 2.42 bits per heavy atom. The molecule has 0 aliphatic rings. The number of nitrogens with zero attached hydrogens (tertiary/aromatic N) is 1. The highest BCUT2D eigenvalue weighted by atomic mass is 16.4. The van der Waals surface area contributed by atoms with E-state index in [2.05, 4.69) is 10.3 Å². The molecular formula is C19H16N2O3. The average Bonchev–Trinajstić information content (AvgIpc) is 2.61. The summed E-state index contributed by atoms with van der Waals surface area (Å²) in [6, 6.07) is 18.1. The van der Waals surface area contributed by atoms with Gasteiger partial charge in [-0.15, -0.1) is 0 Å². The summed E-state index contributed by atoms with van der Waals surface area (Å²) >= 11 is 0. The molecule has 1 heterocycles. The normalized spacial score (nSPS) is 11.9. The minimum absolute atomic E-state index is 0.0857. The standard InChI is InChI=1S/C19H16N2O3/c1-12(14-10-9-13-5-2-3-6-15(13)11-14)20-18(22)16-7-4-8-17(21-16)19(23)24/h2-12H,1H3,(H,20,22)(H,23,24)/t12-/m1/s1. The van der Waals surface area contributed by atoms with Crippen LogP contribution in [0, 0.1) is 0 Å². The molecule has 2 aromatic carbocycles. The van der Waals surface area contributed by atoms with Crippen LogP contribution in [0.15, 0.2) is 60.7 Å². The first-order chi connectivity index (χ1) is 11.5. The number of carboxylic acids is 1.